The lowest BCUT2D eigenvalue weighted by Gasteiger charge is -2.31. The van der Waals surface area contributed by atoms with Crippen molar-refractivity contribution in [3.8, 4) is 0 Å². The minimum absolute atomic E-state index is 0.128. The van der Waals surface area contributed by atoms with Crippen molar-refractivity contribution in [1.29, 1.82) is 0 Å². The molecule has 6 heteroatoms. The molecule has 1 atom stereocenters. The molecule has 1 aromatic carbocycles. The Morgan fingerprint density at radius 1 is 1.17 bits per heavy atom. The van der Waals surface area contributed by atoms with Crippen molar-refractivity contribution in [2.75, 3.05) is 0 Å². The van der Waals surface area contributed by atoms with Crippen LogP contribution in [-0.4, -0.2) is 11.7 Å². The number of halogens is 2. The minimum atomic E-state index is -0.947. The number of nitrogens with one attached hydrogen (secondary N) is 2. The normalized spacial score (nSPS) is 21.1. The Labute approximate surface area is 132 Å². The van der Waals surface area contributed by atoms with Gasteiger partial charge in [-0.15, -0.1) is 0 Å². The maximum absolute atomic E-state index is 13.8. The average Bonchev–Trinajstić information content (AvgIpc) is 2.96. The van der Waals surface area contributed by atoms with Crippen LogP contribution in [0.25, 0.3) is 0 Å². The van der Waals surface area contributed by atoms with Crippen molar-refractivity contribution in [2.45, 2.75) is 38.6 Å². The van der Waals surface area contributed by atoms with E-state index in [9.17, 15) is 18.4 Å². The standard InChI is InChI=1S/C17H18F2N2O2/c1-10(15-11(18)5-4-6-12(15)19)20-14-9-13(22)17(16(23)21-14)7-2-3-8-17/h4-6,9-10,20H,2-3,7-8H2,1H3,(H,21,23). The van der Waals surface area contributed by atoms with Crippen molar-refractivity contribution in [1.82, 2.24) is 10.6 Å². The molecule has 2 N–H and O–H groups in total. The van der Waals surface area contributed by atoms with Gasteiger partial charge in [-0.1, -0.05) is 18.9 Å². The molecule has 0 bridgehead atoms. The number of hydrogen-bond donors (Lipinski definition) is 2. The first kappa shape index (κ1) is 15.6. The number of amides is 1. The average molecular weight is 320 g/mol. The molecule has 1 amide bonds. The zero-order chi connectivity index (χ0) is 16.6. The number of carbonyl (C=O) groups excluding carboxylic acids is 2. The van der Waals surface area contributed by atoms with Gasteiger partial charge in [-0.3, -0.25) is 9.59 Å². The Kier molecular flexibility index (Phi) is 3.92. The molecule has 0 radical (unpaired) electrons. The van der Waals surface area contributed by atoms with Crippen LogP contribution in [0.4, 0.5) is 8.78 Å². The second kappa shape index (κ2) is 5.76. The van der Waals surface area contributed by atoms with E-state index in [0.717, 1.165) is 12.8 Å². The molecule has 4 nitrogen and oxygen atoms in total. The van der Waals surface area contributed by atoms with Gasteiger partial charge in [-0.05, 0) is 31.9 Å². The summed E-state index contributed by atoms with van der Waals surface area (Å²) in [5.41, 5.74) is -1.08. The van der Waals surface area contributed by atoms with Gasteiger partial charge in [0.15, 0.2) is 5.78 Å². The molecule has 1 spiro atoms. The molecule has 122 valence electrons. The van der Waals surface area contributed by atoms with Gasteiger partial charge in [0.05, 0.1) is 6.04 Å². The molecule has 1 aliphatic heterocycles. The Morgan fingerprint density at radius 2 is 1.78 bits per heavy atom. The highest BCUT2D eigenvalue weighted by Crippen LogP contribution is 2.41. The summed E-state index contributed by atoms with van der Waals surface area (Å²) in [7, 11) is 0. The Morgan fingerprint density at radius 3 is 2.35 bits per heavy atom. The Balaban J connectivity index is 1.81. The molecule has 1 heterocycles. The van der Waals surface area contributed by atoms with Gasteiger partial charge in [0.25, 0.3) is 0 Å². The minimum Gasteiger partial charge on any atom is -0.365 e. The third-order valence-electron chi connectivity index (χ3n) is 4.69. The third-order valence-corrected chi connectivity index (χ3v) is 4.69. The predicted octanol–water partition coefficient (Wildman–Crippen LogP) is 2.72. The van der Waals surface area contributed by atoms with Crippen LogP contribution in [0.3, 0.4) is 0 Å². The van der Waals surface area contributed by atoms with Crippen LogP contribution in [0.15, 0.2) is 30.1 Å². The van der Waals surface area contributed by atoms with E-state index in [4.69, 9.17) is 0 Å². The summed E-state index contributed by atoms with van der Waals surface area (Å²) in [4.78, 5) is 24.7. The van der Waals surface area contributed by atoms with Gasteiger partial charge < -0.3 is 10.6 Å². The van der Waals surface area contributed by atoms with Crippen LogP contribution in [0, 0.1) is 17.0 Å². The van der Waals surface area contributed by atoms with Gasteiger partial charge in [-0.25, -0.2) is 8.78 Å². The first-order chi connectivity index (χ1) is 10.9. The van der Waals surface area contributed by atoms with Crippen LogP contribution in [0.5, 0.6) is 0 Å². The maximum atomic E-state index is 13.8. The highest BCUT2D eigenvalue weighted by atomic mass is 19.1. The molecule has 0 saturated heterocycles. The van der Waals surface area contributed by atoms with Crippen molar-refractivity contribution in [3.05, 3.63) is 47.3 Å². The maximum Gasteiger partial charge on any atom is 0.239 e. The quantitative estimate of drug-likeness (QED) is 0.842. The van der Waals surface area contributed by atoms with E-state index in [0.29, 0.717) is 12.8 Å². The lowest BCUT2D eigenvalue weighted by molar-refractivity contribution is -0.140. The lowest BCUT2D eigenvalue weighted by Crippen LogP contribution is -2.50. The van der Waals surface area contributed by atoms with E-state index in [1.807, 2.05) is 0 Å². The van der Waals surface area contributed by atoms with E-state index in [1.54, 1.807) is 6.92 Å². The monoisotopic (exact) mass is 320 g/mol. The van der Waals surface area contributed by atoms with E-state index in [2.05, 4.69) is 10.6 Å². The summed E-state index contributed by atoms with van der Waals surface area (Å²) in [6.07, 6.45) is 4.15. The zero-order valence-electron chi connectivity index (χ0n) is 12.8. The van der Waals surface area contributed by atoms with E-state index < -0.39 is 23.1 Å². The summed E-state index contributed by atoms with van der Waals surface area (Å²) < 4.78 is 27.6. The number of allylic oxidation sites excluding steroid dienone is 1. The predicted molar refractivity (Wildman–Crippen MR) is 80.0 cm³/mol. The largest absolute Gasteiger partial charge is 0.365 e. The number of carbonyl (C=O) groups is 2. The molecule has 2 aliphatic rings. The second-order valence-corrected chi connectivity index (χ2v) is 6.17. The van der Waals surface area contributed by atoms with Gasteiger partial charge in [-0.2, -0.15) is 0 Å². The van der Waals surface area contributed by atoms with Crippen LogP contribution in [0.1, 0.15) is 44.2 Å². The van der Waals surface area contributed by atoms with Gasteiger partial charge in [0.2, 0.25) is 5.91 Å². The summed E-state index contributed by atoms with van der Waals surface area (Å²) in [5.74, 6) is -1.72. The van der Waals surface area contributed by atoms with Gasteiger partial charge >= 0.3 is 0 Å². The number of ketones is 1. The summed E-state index contributed by atoms with van der Waals surface area (Å²) >= 11 is 0. The molecular weight excluding hydrogens is 302 g/mol. The number of benzene rings is 1. The fourth-order valence-corrected chi connectivity index (χ4v) is 3.42. The van der Waals surface area contributed by atoms with Crippen molar-refractivity contribution in [2.24, 2.45) is 5.41 Å². The molecular formula is C17H18F2N2O2. The van der Waals surface area contributed by atoms with E-state index in [1.165, 1.54) is 24.3 Å². The molecule has 3 rings (SSSR count). The molecule has 1 unspecified atom stereocenters. The molecule has 1 fully saturated rings. The van der Waals surface area contributed by atoms with Crippen molar-refractivity contribution in [3.63, 3.8) is 0 Å². The van der Waals surface area contributed by atoms with Crippen LogP contribution in [0.2, 0.25) is 0 Å². The van der Waals surface area contributed by atoms with Crippen LogP contribution >= 0.6 is 0 Å². The number of hydrogen-bond acceptors (Lipinski definition) is 3. The van der Waals surface area contributed by atoms with Gasteiger partial charge in [0.1, 0.15) is 22.9 Å². The lowest BCUT2D eigenvalue weighted by atomic mass is 9.79. The Bertz CT molecular complexity index is 674. The molecule has 0 aromatic heterocycles. The molecule has 1 aromatic rings. The fourth-order valence-electron chi connectivity index (χ4n) is 3.42. The van der Waals surface area contributed by atoms with Gasteiger partial charge in [0, 0.05) is 11.6 Å². The van der Waals surface area contributed by atoms with Crippen LogP contribution < -0.4 is 10.6 Å². The summed E-state index contributed by atoms with van der Waals surface area (Å²) in [5, 5.41) is 5.48. The first-order valence-electron chi connectivity index (χ1n) is 7.72. The van der Waals surface area contributed by atoms with E-state index >= 15 is 0 Å². The Hall–Kier alpha value is -2.24. The van der Waals surface area contributed by atoms with Crippen molar-refractivity contribution >= 4 is 11.7 Å². The zero-order valence-corrected chi connectivity index (χ0v) is 12.8. The van der Waals surface area contributed by atoms with Crippen molar-refractivity contribution < 1.29 is 18.4 Å². The highest BCUT2D eigenvalue weighted by molar-refractivity contribution is 6.14. The third kappa shape index (κ3) is 2.62. The molecule has 23 heavy (non-hydrogen) atoms. The highest BCUT2D eigenvalue weighted by Gasteiger charge is 2.49. The van der Waals surface area contributed by atoms with E-state index in [-0.39, 0.29) is 23.1 Å². The SMILES string of the molecule is CC(NC1=CC(=O)C2(CCCC2)C(=O)N1)c1c(F)cccc1F. The molecule has 1 aliphatic carbocycles. The number of rotatable bonds is 3. The smallest absolute Gasteiger partial charge is 0.239 e. The fraction of sp³-hybridized carbons (Fsp3) is 0.412. The first-order valence-corrected chi connectivity index (χ1v) is 7.72. The molecule has 1 saturated carbocycles. The summed E-state index contributed by atoms with van der Waals surface area (Å²) in [6.45, 7) is 1.57. The summed E-state index contributed by atoms with van der Waals surface area (Å²) in [6, 6.07) is 2.90. The second-order valence-electron chi connectivity index (χ2n) is 6.17. The topological polar surface area (TPSA) is 58.2 Å². The van der Waals surface area contributed by atoms with Crippen LogP contribution in [-0.2, 0) is 9.59 Å².